The van der Waals surface area contributed by atoms with Crippen molar-refractivity contribution in [3.63, 3.8) is 0 Å². The van der Waals surface area contributed by atoms with Crippen LogP contribution in [0.15, 0.2) is 38.6 Å². The standard InChI is InChI=1S/C12H11Br2ClN2S/c13-8-3-4-18-12(8)11(6-16)17-7-1-2-10(15)9(14)5-7/h1-5,11,17H,6,16H2. The number of halogens is 3. The molecule has 0 saturated carbocycles. The molecule has 1 aromatic heterocycles. The molecule has 96 valence electrons. The van der Waals surface area contributed by atoms with Crippen molar-refractivity contribution in [2.75, 3.05) is 11.9 Å². The van der Waals surface area contributed by atoms with Gasteiger partial charge in [-0.3, -0.25) is 0 Å². The van der Waals surface area contributed by atoms with Crippen LogP contribution in [-0.2, 0) is 0 Å². The summed E-state index contributed by atoms with van der Waals surface area (Å²) in [5, 5.41) is 6.15. The van der Waals surface area contributed by atoms with Gasteiger partial charge in [-0.05, 0) is 61.5 Å². The number of hydrogen-bond donors (Lipinski definition) is 2. The molecule has 3 N–H and O–H groups in total. The first-order valence-electron chi connectivity index (χ1n) is 5.26. The molecule has 0 bridgehead atoms. The summed E-state index contributed by atoms with van der Waals surface area (Å²) in [6, 6.07) is 7.86. The minimum atomic E-state index is 0.0902. The Bertz CT molecular complexity index is 545. The van der Waals surface area contributed by atoms with Crippen molar-refractivity contribution in [3.8, 4) is 0 Å². The van der Waals surface area contributed by atoms with Gasteiger partial charge < -0.3 is 11.1 Å². The number of nitrogens with two attached hydrogens (primary N) is 1. The monoisotopic (exact) mass is 408 g/mol. The van der Waals surface area contributed by atoms with Gasteiger partial charge in [0.25, 0.3) is 0 Å². The van der Waals surface area contributed by atoms with Crippen molar-refractivity contribution >= 4 is 60.5 Å². The fraction of sp³-hybridized carbons (Fsp3) is 0.167. The van der Waals surface area contributed by atoms with Crippen LogP contribution in [0, 0.1) is 0 Å². The zero-order chi connectivity index (χ0) is 13.1. The van der Waals surface area contributed by atoms with E-state index in [1.165, 1.54) is 4.88 Å². The zero-order valence-corrected chi connectivity index (χ0v) is 14.0. The number of thiophene rings is 1. The van der Waals surface area contributed by atoms with Gasteiger partial charge in [-0.1, -0.05) is 11.6 Å². The third kappa shape index (κ3) is 3.27. The van der Waals surface area contributed by atoms with E-state index in [1.54, 1.807) is 11.3 Å². The summed E-state index contributed by atoms with van der Waals surface area (Å²) in [7, 11) is 0. The fourth-order valence-corrected chi connectivity index (χ4v) is 3.78. The number of rotatable bonds is 4. The third-order valence-electron chi connectivity index (χ3n) is 2.46. The molecule has 0 radical (unpaired) electrons. The van der Waals surface area contributed by atoms with Crippen LogP contribution in [0.5, 0.6) is 0 Å². The molecule has 6 heteroatoms. The topological polar surface area (TPSA) is 38.0 Å². The quantitative estimate of drug-likeness (QED) is 0.741. The van der Waals surface area contributed by atoms with Crippen LogP contribution in [0.3, 0.4) is 0 Å². The van der Waals surface area contributed by atoms with Crippen LogP contribution in [-0.4, -0.2) is 6.54 Å². The lowest BCUT2D eigenvalue weighted by atomic mass is 10.2. The molecule has 2 aromatic rings. The van der Waals surface area contributed by atoms with Crippen molar-refractivity contribution < 1.29 is 0 Å². The van der Waals surface area contributed by atoms with Gasteiger partial charge in [0, 0.05) is 26.1 Å². The summed E-state index contributed by atoms with van der Waals surface area (Å²) in [6.45, 7) is 0.527. The highest BCUT2D eigenvalue weighted by atomic mass is 79.9. The molecule has 0 aliphatic rings. The van der Waals surface area contributed by atoms with E-state index in [9.17, 15) is 0 Å². The second kappa shape index (κ2) is 6.39. The highest BCUT2D eigenvalue weighted by Gasteiger charge is 2.14. The highest BCUT2D eigenvalue weighted by Crippen LogP contribution is 2.32. The number of hydrogen-bond acceptors (Lipinski definition) is 3. The van der Waals surface area contributed by atoms with Crippen LogP contribution in [0.2, 0.25) is 5.02 Å². The third-order valence-corrected chi connectivity index (χ3v) is 5.66. The van der Waals surface area contributed by atoms with Crippen molar-refractivity contribution in [1.29, 1.82) is 0 Å². The van der Waals surface area contributed by atoms with E-state index >= 15 is 0 Å². The Morgan fingerprint density at radius 1 is 1.28 bits per heavy atom. The van der Waals surface area contributed by atoms with E-state index < -0.39 is 0 Å². The van der Waals surface area contributed by atoms with Crippen molar-refractivity contribution in [1.82, 2.24) is 0 Å². The smallest absolute Gasteiger partial charge is 0.0739 e. The molecule has 18 heavy (non-hydrogen) atoms. The molecule has 0 aliphatic heterocycles. The van der Waals surface area contributed by atoms with E-state index in [4.69, 9.17) is 17.3 Å². The maximum absolute atomic E-state index is 5.97. The van der Waals surface area contributed by atoms with E-state index in [0.717, 1.165) is 14.6 Å². The van der Waals surface area contributed by atoms with Gasteiger partial charge in [-0.15, -0.1) is 11.3 Å². The summed E-state index contributed by atoms with van der Waals surface area (Å²) in [5.74, 6) is 0. The summed E-state index contributed by atoms with van der Waals surface area (Å²) >= 11 is 14.6. The lowest BCUT2D eigenvalue weighted by Gasteiger charge is -2.18. The molecule has 1 atom stereocenters. The van der Waals surface area contributed by atoms with Crippen LogP contribution in [0.4, 0.5) is 5.69 Å². The molecule has 2 nitrogen and oxygen atoms in total. The molecule has 1 unspecified atom stereocenters. The maximum Gasteiger partial charge on any atom is 0.0739 e. The summed E-state index contributed by atoms with van der Waals surface area (Å²) in [5.41, 5.74) is 6.82. The average Bonchev–Trinajstić information content (AvgIpc) is 2.77. The van der Waals surface area contributed by atoms with Crippen molar-refractivity contribution in [2.24, 2.45) is 5.73 Å². The molecule has 0 spiro atoms. The fourth-order valence-electron chi connectivity index (χ4n) is 1.57. The molecule has 0 fully saturated rings. The molecule has 0 aliphatic carbocycles. The number of benzene rings is 1. The maximum atomic E-state index is 5.97. The Hall–Kier alpha value is -0.0700. The Morgan fingerprint density at radius 2 is 2.06 bits per heavy atom. The van der Waals surface area contributed by atoms with E-state index in [1.807, 2.05) is 29.6 Å². The number of nitrogens with one attached hydrogen (secondary N) is 1. The summed E-state index contributed by atoms with van der Waals surface area (Å²) in [6.07, 6.45) is 0. The van der Waals surface area contributed by atoms with Gasteiger partial charge >= 0.3 is 0 Å². The summed E-state index contributed by atoms with van der Waals surface area (Å²) in [4.78, 5) is 1.20. The predicted octanol–water partition coefficient (Wildman–Crippen LogP) is 5.04. The minimum absolute atomic E-state index is 0.0902. The second-order valence-corrected chi connectivity index (χ2v) is 6.76. The largest absolute Gasteiger partial charge is 0.376 e. The molecule has 2 rings (SSSR count). The lowest BCUT2D eigenvalue weighted by Crippen LogP contribution is -2.19. The van der Waals surface area contributed by atoms with Gasteiger partial charge in [0.1, 0.15) is 0 Å². The first kappa shape index (κ1) is 14.3. The Morgan fingerprint density at radius 3 is 2.61 bits per heavy atom. The van der Waals surface area contributed by atoms with Gasteiger partial charge in [0.15, 0.2) is 0 Å². The molecule has 1 heterocycles. The van der Waals surface area contributed by atoms with Crippen molar-refractivity contribution in [2.45, 2.75) is 6.04 Å². The SMILES string of the molecule is NCC(Nc1ccc(Cl)c(Br)c1)c1sccc1Br. The first-order valence-corrected chi connectivity index (χ1v) is 8.10. The minimum Gasteiger partial charge on any atom is -0.376 e. The van der Waals surface area contributed by atoms with Crippen LogP contribution in [0.25, 0.3) is 0 Å². The molecule has 1 aromatic carbocycles. The summed E-state index contributed by atoms with van der Waals surface area (Å²) < 4.78 is 1.96. The van der Waals surface area contributed by atoms with Gasteiger partial charge in [-0.2, -0.15) is 0 Å². The Labute approximate surface area is 132 Å². The van der Waals surface area contributed by atoms with Gasteiger partial charge in [-0.25, -0.2) is 0 Å². The van der Waals surface area contributed by atoms with E-state index in [-0.39, 0.29) is 6.04 Å². The zero-order valence-electron chi connectivity index (χ0n) is 9.29. The first-order chi connectivity index (χ1) is 8.61. The molecular formula is C12H11Br2ClN2S. The van der Waals surface area contributed by atoms with E-state index in [0.29, 0.717) is 11.6 Å². The lowest BCUT2D eigenvalue weighted by molar-refractivity contribution is 0.802. The van der Waals surface area contributed by atoms with Crippen LogP contribution >= 0.6 is 54.8 Å². The van der Waals surface area contributed by atoms with Crippen LogP contribution < -0.4 is 11.1 Å². The number of anilines is 1. The molecular weight excluding hydrogens is 399 g/mol. The van der Waals surface area contributed by atoms with Gasteiger partial charge in [0.05, 0.1) is 11.1 Å². The second-order valence-electron chi connectivity index (χ2n) is 3.69. The average molecular weight is 411 g/mol. The van der Waals surface area contributed by atoms with Gasteiger partial charge in [0.2, 0.25) is 0 Å². The van der Waals surface area contributed by atoms with Crippen molar-refractivity contribution in [3.05, 3.63) is 48.5 Å². The Balaban J connectivity index is 2.20. The molecule has 0 saturated heterocycles. The van der Waals surface area contributed by atoms with Crippen LogP contribution in [0.1, 0.15) is 10.9 Å². The highest BCUT2D eigenvalue weighted by molar-refractivity contribution is 9.10. The molecule has 0 amide bonds. The Kier molecular flexibility index (Phi) is 5.09. The van der Waals surface area contributed by atoms with E-state index in [2.05, 4.69) is 37.2 Å². The predicted molar refractivity (Wildman–Crippen MR) is 86.6 cm³/mol. The normalized spacial score (nSPS) is 12.4.